The maximum atomic E-state index is 12.1. The van der Waals surface area contributed by atoms with Crippen molar-refractivity contribution >= 4 is 29.7 Å². The summed E-state index contributed by atoms with van der Waals surface area (Å²) in [5, 5.41) is 5.69. The quantitative estimate of drug-likeness (QED) is 0.814. The zero-order chi connectivity index (χ0) is 15.1. The van der Waals surface area contributed by atoms with Crippen LogP contribution in [0.15, 0.2) is 35.7 Å². The van der Waals surface area contributed by atoms with Gasteiger partial charge in [-0.2, -0.15) is 0 Å². The number of amides is 1. The third kappa shape index (κ3) is 5.09. The lowest BCUT2D eigenvalue weighted by Gasteiger charge is -2.15. The summed E-state index contributed by atoms with van der Waals surface area (Å²) in [4.78, 5) is 16.4. The molecule has 0 spiro atoms. The van der Waals surface area contributed by atoms with Gasteiger partial charge in [0, 0.05) is 24.3 Å². The van der Waals surface area contributed by atoms with Gasteiger partial charge in [0.2, 0.25) is 0 Å². The number of aromatic nitrogens is 1. The van der Waals surface area contributed by atoms with E-state index in [2.05, 4.69) is 29.4 Å². The number of benzene rings is 1. The molecule has 3 N–H and O–H groups in total. The normalized spacial score (nSPS) is 11.5. The lowest BCUT2D eigenvalue weighted by molar-refractivity contribution is 0.0946. The third-order valence-corrected chi connectivity index (χ3v) is 4.32. The Kier molecular flexibility index (Phi) is 8.09. The zero-order valence-corrected chi connectivity index (χ0v) is 14.3. The summed E-state index contributed by atoms with van der Waals surface area (Å²) in [6, 6.07) is 10.3. The van der Waals surface area contributed by atoms with Gasteiger partial charge in [0.15, 0.2) is 0 Å². The average Bonchev–Trinajstić information content (AvgIpc) is 2.98. The Morgan fingerprint density at radius 1 is 1.36 bits per heavy atom. The number of thiazole rings is 1. The smallest absolute Gasteiger partial charge is 0.270 e. The molecule has 0 aliphatic carbocycles. The van der Waals surface area contributed by atoms with Gasteiger partial charge in [-0.05, 0) is 18.5 Å². The van der Waals surface area contributed by atoms with Gasteiger partial charge < -0.3 is 11.1 Å². The van der Waals surface area contributed by atoms with Crippen LogP contribution in [0.5, 0.6) is 0 Å². The van der Waals surface area contributed by atoms with E-state index in [0.29, 0.717) is 24.7 Å². The molecule has 120 valence electrons. The summed E-state index contributed by atoms with van der Waals surface area (Å²) >= 11 is 1.49. The molecule has 1 heterocycles. The zero-order valence-electron chi connectivity index (χ0n) is 12.6. The first-order valence-corrected chi connectivity index (χ1v) is 8.10. The first-order valence-electron chi connectivity index (χ1n) is 7.22. The predicted octanol–water partition coefficient (Wildman–Crippen LogP) is 2.99. The molecule has 6 heteroatoms. The van der Waals surface area contributed by atoms with Crippen LogP contribution in [0.4, 0.5) is 0 Å². The van der Waals surface area contributed by atoms with Crippen LogP contribution in [0.3, 0.4) is 0 Å². The van der Waals surface area contributed by atoms with E-state index in [1.807, 2.05) is 18.2 Å². The molecular weight excluding hydrogens is 318 g/mol. The van der Waals surface area contributed by atoms with E-state index in [-0.39, 0.29) is 18.3 Å². The van der Waals surface area contributed by atoms with Gasteiger partial charge in [0.25, 0.3) is 5.91 Å². The summed E-state index contributed by atoms with van der Waals surface area (Å²) in [5.41, 5.74) is 7.24. The molecule has 0 aliphatic heterocycles. The molecule has 0 saturated carbocycles. The van der Waals surface area contributed by atoms with E-state index in [4.69, 9.17) is 5.73 Å². The van der Waals surface area contributed by atoms with Crippen molar-refractivity contribution in [3.8, 4) is 0 Å². The molecule has 4 nitrogen and oxygen atoms in total. The second-order valence-corrected chi connectivity index (χ2v) is 5.83. The van der Waals surface area contributed by atoms with E-state index in [1.54, 1.807) is 5.38 Å². The summed E-state index contributed by atoms with van der Waals surface area (Å²) < 4.78 is 0. The molecule has 1 aromatic carbocycles. The molecule has 22 heavy (non-hydrogen) atoms. The van der Waals surface area contributed by atoms with Crippen molar-refractivity contribution in [2.45, 2.75) is 25.7 Å². The van der Waals surface area contributed by atoms with Crippen molar-refractivity contribution in [3.63, 3.8) is 0 Å². The Morgan fingerprint density at radius 2 is 2.09 bits per heavy atom. The Labute approximate surface area is 141 Å². The average molecular weight is 340 g/mol. The highest BCUT2D eigenvalue weighted by atomic mass is 35.5. The van der Waals surface area contributed by atoms with Gasteiger partial charge in [-0.3, -0.25) is 4.79 Å². The number of carbonyl (C=O) groups is 1. The minimum Gasteiger partial charge on any atom is -0.350 e. The summed E-state index contributed by atoms with van der Waals surface area (Å²) in [6.45, 7) is 3.32. The van der Waals surface area contributed by atoms with Crippen LogP contribution in [-0.2, 0) is 6.42 Å². The van der Waals surface area contributed by atoms with Crippen molar-refractivity contribution in [2.24, 2.45) is 5.73 Å². The minimum absolute atomic E-state index is 0. The Bertz CT molecular complexity index is 574. The second-order valence-electron chi connectivity index (χ2n) is 4.89. The maximum absolute atomic E-state index is 12.1. The molecule has 0 bridgehead atoms. The lowest BCUT2D eigenvalue weighted by Crippen LogP contribution is -2.28. The molecule has 0 fully saturated rings. The van der Waals surface area contributed by atoms with E-state index >= 15 is 0 Å². The van der Waals surface area contributed by atoms with E-state index in [1.165, 1.54) is 16.9 Å². The number of carbonyl (C=O) groups excluding carboxylic acids is 1. The van der Waals surface area contributed by atoms with Crippen LogP contribution in [0.25, 0.3) is 0 Å². The highest BCUT2D eigenvalue weighted by Gasteiger charge is 2.14. The first-order chi connectivity index (χ1) is 10.2. The fraction of sp³-hybridized carbons (Fsp3) is 0.375. The van der Waals surface area contributed by atoms with Gasteiger partial charge in [0.1, 0.15) is 5.69 Å². The van der Waals surface area contributed by atoms with Gasteiger partial charge in [-0.1, -0.05) is 37.3 Å². The van der Waals surface area contributed by atoms with Crippen molar-refractivity contribution in [1.82, 2.24) is 10.3 Å². The largest absolute Gasteiger partial charge is 0.350 e. The molecule has 1 unspecified atom stereocenters. The molecule has 2 rings (SSSR count). The van der Waals surface area contributed by atoms with E-state index < -0.39 is 0 Å². The standard InChI is InChI=1S/C16H21N3OS.ClH/c1-2-12(13-6-4-3-5-7-13)10-18-16(20)14-11-21-15(19-14)8-9-17;/h3-7,11-12H,2,8-10,17H2,1H3,(H,18,20);1H. The number of hydrogen-bond acceptors (Lipinski definition) is 4. The fourth-order valence-corrected chi connectivity index (χ4v) is 2.98. The number of nitrogens with one attached hydrogen (secondary N) is 1. The molecule has 2 aromatic rings. The minimum atomic E-state index is -0.107. The molecule has 0 radical (unpaired) electrons. The van der Waals surface area contributed by atoms with E-state index in [0.717, 1.165) is 17.8 Å². The maximum Gasteiger partial charge on any atom is 0.270 e. The third-order valence-electron chi connectivity index (χ3n) is 3.42. The van der Waals surface area contributed by atoms with Gasteiger partial charge in [-0.15, -0.1) is 23.7 Å². The molecule has 1 amide bonds. The fourth-order valence-electron chi connectivity index (χ4n) is 2.18. The molecular formula is C16H22ClN3OS. The van der Waals surface area contributed by atoms with Crippen LogP contribution in [0.2, 0.25) is 0 Å². The van der Waals surface area contributed by atoms with Gasteiger partial charge >= 0.3 is 0 Å². The predicted molar refractivity (Wildman–Crippen MR) is 93.9 cm³/mol. The summed E-state index contributed by atoms with van der Waals surface area (Å²) in [6.07, 6.45) is 1.71. The number of rotatable bonds is 7. The number of halogens is 1. The van der Waals surface area contributed by atoms with Gasteiger partial charge in [0.05, 0.1) is 5.01 Å². The number of hydrogen-bond donors (Lipinski definition) is 2. The van der Waals surface area contributed by atoms with Crippen LogP contribution in [0, 0.1) is 0 Å². The summed E-state index contributed by atoms with van der Waals surface area (Å²) in [5.74, 6) is 0.223. The van der Waals surface area contributed by atoms with Crippen LogP contribution in [0.1, 0.15) is 40.3 Å². The van der Waals surface area contributed by atoms with Crippen molar-refractivity contribution in [1.29, 1.82) is 0 Å². The topological polar surface area (TPSA) is 68.0 Å². The number of nitrogens with zero attached hydrogens (tertiary/aromatic N) is 1. The van der Waals surface area contributed by atoms with Gasteiger partial charge in [-0.25, -0.2) is 4.98 Å². The van der Waals surface area contributed by atoms with Crippen molar-refractivity contribution in [3.05, 3.63) is 52.0 Å². The monoisotopic (exact) mass is 339 g/mol. The molecule has 0 aliphatic rings. The Balaban J connectivity index is 0.00000242. The number of nitrogens with two attached hydrogens (primary N) is 1. The van der Waals surface area contributed by atoms with Crippen molar-refractivity contribution < 1.29 is 4.79 Å². The SMILES string of the molecule is CCC(CNC(=O)c1csc(CCN)n1)c1ccccc1.Cl. The first kappa shape index (κ1) is 18.6. The Morgan fingerprint density at radius 3 is 2.73 bits per heavy atom. The lowest BCUT2D eigenvalue weighted by atomic mass is 9.96. The Hall–Kier alpha value is -1.43. The highest BCUT2D eigenvalue weighted by Crippen LogP contribution is 2.18. The van der Waals surface area contributed by atoms with Crippen LogP contribution >= 0.6 is 23.7 Å². The van der Waals surface area contributed by atoms with Crippen LogP contribution < -0.4 is 11.1 Å². The second kappa shape index (κ2) is 9.56. The van der Waals surface area contributed by atoms with Crippen molar-refractivity contribution in [2.75, 3.05) is 13.1 Å². The van der Waals surface area contributed by atoms with Crippen LogP contribution in [-0.4, -0.2) is 24.0 Å². The summed E-state index contributed by atoms with van der Waals surface area (Å²) in [7, 11) is 0. The molecule has 1 aromatic heterocycles. The molecule has 1 atom stereocenters. The highest BCUT2D eigenvalue weighted by molar-refractivity contribution is 7.09. The molecule has 0 saturated heterocycles. The van der Waals surface area contributed by atoms with E-state index in [9.17, 15) is 4.79 Å².